The molecule has 2 aromatic carbocycles. The lowest BCUT2D eigenvalue weighted by Gasteiger charge is -2.21. The highest BCUT2D eigenvalue weighted by Gasteiger charge is 2.20. The third kappa shape index (κ3) is 6.14. The maximum Gasteiger partial charge on any atom is 0.229 e. The van der Waals surface area contributed by atoms with E-state index in [9.17, 15) is 5.26 Å². The number of nitrogens with zero attached hydrogens (tertiary/aromatic N) is 6. The van der Waals surface area contributed by atoms with Gasteiger partial charge >= 0.3 is 0 Å². The van der Waals surface area contributed by atoms with Crippen LogP contribution in [0.3, 0.4) is 0 Å². The number of ether oxygens (including phenoxy) is 2. The molecule has 2 aliphatic rings. The number of benzene rings is 2. The van der Waals surface area contributed by atoms with E-state index in [-0.39, 0.29) is 6.61 Å². The highest BCUT2D eigenvalue weighted by atomic mass is 16.5. The van der Waals surface area contributed by atoms with Crippen LogP contribution in [0.1, 0.15) is 49.3 Å². The van der Waals surface area contributed by atoms with Crippen LogP contribution in [0.2, 0.25) is 0 Å². The fraction of sp³-hybridized carbons (Fsp3) is 0.379. The Morgan fingerprint density at radius 3 is 2.47 bits per heavy atom. The average molecular weight is 512 g/mol. The number of nitrogens with one attached hydrogen (secondary N) is 1. The van der Waals surface area contributed by atoms with Gasteiger partial charge in [-0.25, -0.2) is 0 Å². The molecule has 0 unspecified atom stereocenters. The third-order valence-electron chi connectivity index (χ3n) is 6.70. The third-order valence-corrected chi connectivity index (χ3v) is 6.70. The maximum atomic E-state index is 9.33. The van der Waals surface area contributed by atoms with Crippen LogP contribution in [-0.2, 0) is 6.61 Å². The van der Waals surface area contributed by atoms with E-state index in [0.29, 0.717) is 29.5 Å². The molecule has 3 heterocycles. The Bertz CT molecular complexity index is 1270. The quantitative estimate of drug-likeness (QED) is 0.301. The number of hydrazone groups is 1. The van der Waals surface area contributed by atoms with Gasteiger partial charge in [-0.3, -0.25) is 5.43 Å². The minimum atomic E-state index is 0.283. The molecule has 1 aromatic heterocycles. The molecule has 0 radical (unpaired) electrons. The Morgan fingerprint density at radius 2 is 1.71 bits per heavy atom. The first-order valence-corrected chi connectivity index (χ1v) is 13.3. The molecule has 0 bridgehead atoms. The van der Waals surface area contributed by atoms with Crippen molar-refractivity contribution in [1.29, 1.82) is 5.26 Å². The summed E-state index contributed by atoms with van der Waals surface area (Å²) in [6, 6.07) is 17.3. The molecule has 1 N–H and O–H groups in total. The molecule has 38 heavy (non-hydrogen) atoms. The van der Waals surface area contributed by atoms with Crippen molar-refractivity contribution in [3.63, 3.8) is 0 Å². The van der Waals surface area contributed by atoms with Gasteiger partial charge in [0.15, 0.2) is 17.3 Å². The summed E-state index contributed by atoms with van der Waals surface area (Å²) >= 11 is 0. The number of hydrogen-bond acceptors (Lipinski definition) is 9. The second-order valence-electron chi connectivity index (χ2n) is 9.37. The van der Waals surface area contributed by atoms with Crippen LogP contribution in [0.4, 0.5) is 17.6 Å². The van der Waals surface area contributed by atoms with Crippen molar-refractivity contribution >= 4 is 23.8 Å². The van der Waals surface area contributed by atoms with E-state index in [1.165, 1.54) is 25.7 Å². The van der Waals surface area contributed by atoms with E-state index in [4.69, 9.17) is 19.4 Å². The molecule has 2 aliphatic heterocycles. The minimum absolute atomic E-state index is 0.283. The molecule has 0 saturated carbocycles. The molecule has 9 heteroatoms. The Kier molecular flexibility index (Phi) is 8.19. The van der Waals surface area contributed by atoms with E-state index in [0.717, 1.165) is 49.1 Å². The molecule has 2 saturated heterocycles. The van der Waals surface area contributed by atoms with Crippen LogP contribution >= 0.6 is 0 Å². The second kappa shape index (κ2) is 12.3. The smallest absolute Gasteiger partial charge is 0.229 e. The molecule has 0 spiro atoms. The first kappa shape index (κ1) is 25.3. The lowest BCUT2D eigenvalue weighted by molar-refractivity contribution is 0.269. The van der Waals surface area contributed by atoms with Crippen LogP contribution in [-0.4, -0.2) is 49.0 Å². The molecule has 9 nitrogen and oxygen atoms in total. The minimum Gasteiger partial charge on any atom is -0.490 e. The van der Waals surface area contributed by atoms with E-state index in [2.05, 4.69) is 26.4 Å². The first-order valence-electron chi connectivity index (χ1n) is 13.3. The summed E-state index contributed by atoms with van der Waals surface area (Å²) in [6.45, 7) is 6.74. The molecule has 0 atom stereocenters. The van der Waals surface area contributed by atoms with Crippen LogP contribution in [0.5, 0.6) is 11.5 Å². The molecule has 196 valence electrons. The number of anilines is 3. The molecular weight excluding hydrogens is 478 g/mol. The monoisotopic (exact) mass is 511 g/mol. The van der Waals surface area contributed by atoms with Gasteiger partial charge in [0, 0.05) is 37.8 Å². The molecule has 0 aliphatic carbocycles. The fourth-order valence-electron chi connectivity index (χ4n) is 4.72. The van der Waals surface area contributed by atoms with Gasteiger partial charge in [-0.05, 0) is 62.4 Å². The Morgan fingerprint density at radius 1 is 0.947 bits per heavy atom. The van der Waals surface area contributed by atoms with E-state index < -0.39 is 0 Å². The zero-order valence-electron chi connectivity index (χ0n) is 21.8. The number of nitriles is 1. The summed E-state index contributed by atoms with van der Waals surface area (Å²) in [5.74, 6) is 3.64. The predicted octanol–water partition coefficient (Wildman–Crippen LogP) is 4.97. The van der Waals surface area contributed by atoms with E-state index in [1.807, 2.05) is 49.4 Å². The van der Waals surface area contributed by atoms with Gasteiger partial charge in [0.1, 0.15) is 12.4 Å². The largest absolute Gasteiger partial charge is 0.490 e. The molecule has 2 fully saturated rings. The van der Waals surface area contributed by atoms with Gasteiger partial charge in [0.25, 0.3) is 0 Å². The Balaban J connectivity index is 1.30. The van der Waals surface area contributed by atoms with Crippen LogP contribution in [0.25, 0.3) is 0 Å². The zero-order valence-corrected chi connectivity index (χ0v) is 21.8. The standard InChI is InChI=1S/C29H33N7O2/c1-2-37-26-17-22(11-12-25(26)38-21-24-10-4-3-9-23(24)19-30)20-31-34-27-18-28(35-13-5-6-14-35)33-29(32-27)36-15-7-8-16-36/h3-4,9-12,17-18,20H,2,5-8,13-16,21H2,1H3,(H,32,33,34). The first-order chi connectivity index (χ1) is 18.7. The van der Waals surface area contributed by atoms with Gasteiger partial charge in [0.05, 0.1) is 24.5 Å². The van der Waals surface area contributed by atoms with E-state index in [1.54, 1.807) is 12.3 Å². The van der Waals surface area contributed by atoms with Crippen LogP contribution in [0.15, 0.2) is 53.6 Å². The lowest BCUT2D eigenvalue weighted by Crippen LogP contribution is -2.24. The molecule has 5 rings (SSSR count). The summed E-state index contributed by atoms with van der Waals surface area (Å²) in [5.41, 5.74) is 5.40. The van der Waals surface area contributed by atoms with Crippen molar-refractivity contribution < 1.29 is 9.47 Å². The summed E-state index contributed by atoms with van der Waals surface area (Å²) in [6.07, 6.45) is 6.47. The molecule has 0 amide bonds. The SMILES string of the molecule is CCOc1cc(C=NNc2cc(N3CCCC3)nc(N3CCCC3)n2)ccc1OCc1ccccc1C#N. The zero-order chi connectivity index (χ0) is 26.2. The summed E-state index contributed by atoms with van der Waals surface area (Å²) < 4.78 is 11.8. The Labute approximate surface area is 223 Å². The second-order valence-corrected chi connectivity index (χ2v) is 9.37. The topological polar surface area (TPSA) is 98.9 Å². The highest BCUT2D eigenvalue weighted by molar-refractivity contribution is 5.81. The highest BCUT2D eigenvalue weighted by Crippen LogP contribution is 2.29. The number of rotatable bonds is 10. The Hall–Kier alpha value is -4.32. The van der Waals surface area contributed by atoms with Crippen LogP contribution in [0, 0.1) is 11.3 Å². The summed E-state index contributed by atoms with van der Waals surface area (Å²) in [4.78, 5) is 14.2. The van der Waals surface area contributed by atoms with Gasteiger partial charge in [0.2, 0.25) is 5.95 Å². The normalized spacial score (nSPS) is 15.2. The van der Waals surface area contributed by atoms with Gasteiger partial charge in [-0.15, -0.1) is 0 Å². The number of hydrogen-bond donors (Lipinski definition) is 1. The molecular formula is C29H33N7O2. The summed E-state index contributed by atoms with van der Waals surface area (Å²) in [7, 11) is 0. The van der Waals surface area contributed by atoms with Crippen molar-refractivity contribution in [2.24, 2.45) is 5.10 Å². The van der Waals surface area contributed by atoms with Crippen molar-refractivity contribution in [3.8, 4) is 17.6 Å². The average Bonchev–Trinajstić information content (AvgIpc) is 3.68. The van der Waals surface area contributed by atoms with Gasteiger partial charge in [-0.2, -0.15) is 20.3 Å². The fourth-order valence-corrected chi connectivity index (χ4v) is 4.72. The van der Waals surface area contributed by atoms with Crippen molar-refractivity contribution in [2.45, 2.75) is 39.2 Å². The maximum absolute atomic E-state index is 9.33. The lowest BCUT2D eigenvalue weighted by atomic mass is 10.1. The molecule has 3 aromatic rings. The van der Waals surface area contributed by atoms with Gasteiger partial charge < -0.3 is 19.3 Å². The van der Waals surface area contributed by atoms with Crippen molar-refractivity contribution in [1.82, 2.24) is 9.97 Å². The van der Waals surface area contributed by atoms with Crippen LogP contribution < -0.4 is 24.7 Å². The van der Waals surface area contributed by atoms with Crippen molar-refractivity contribution in [3.05, 3.63) is 65.2 Å². The summed E-state index contributed by atoms with van der Waals surface area (Å²) in [5, 5.41) is 13.8. The predicted molar refractivity (Wildman–Crippen MR) is 149 cm³/mol. The van der Waals surface area contributed by atoms with E-state index >= 15 is 0 Å². The van der Waals surface area contributed by atoms with Gasteiger partial charge in [-0.1, -0.05) is 18.2 Å². The number of aromatic nitrogens is 2. The van der Waals surface area contributed by atoms with Crippen molar-refractivity contribution in [2.75, 3.05) is 48.0 Å².